The van der Waals surface area contributed by atoms with Gasteiger partial charge in [-0.1, -0.05) is 33.1 Å². The smallest absolute Gasteiger partial charge is 0.136 e. The van der Waals surface area contributed by atoms with E-state index in [1.54, 1.807) is 0 Å². The molecule has 0 spiro atoms. The zero-order valence-corrected chi connectivity index (χ0v) is 11.3. The molecule has 0 aromatic heterocycles. The summed E-state index contributed by atoms with van der Waals surface area (Å²) in [4.78, 5) is 23.7. The second-order valence-electron chi connectivity index (χ2n) is 5.33. The molecule has 0 radical (unpaired) electrons. The van der Waals surface area contributed by atoms with Crippen molar-refractivity contribution in [2.45, 2.75) is 71.6 Å². The number of ketones is 2. The van der Waals surface area contributed by atoms with Crippen LogP contribution in [0.15, 0.2) is 0 Å². The molecule has 1 saturated carbocycles. The summed E-state index contributed by atoms with van der Waals surface area (Å²) < 4.78 is 0. The first-order valence-electron chi connectivity index (χ1n) is 7.23. The van der Waals surface area contributed by atoms with Gasteiger partial charge in [0.2, 0.25) is 0 Å². The summed E-state index contributed by atoms with van der Waals surface area (Å²) in [5, 5.41) is 0. The maximum Gasteiger partial charge on any atom is 0.136 e. The van der Waals surface area contributed by atoms with Gasteiger partial charge in [-0.2, -0.15) is 0 Å². The van der Waals surface area contributed by atoms with E-state index in [0.29, 0.717) is 36.7 Å². The molecule has 1 rings (SSSR count). The van der Waals surface area contributed by atoms with Crippen molar-refractivity contribution in [3.05, 3.63) is 0 Å². The van der Waals surface area contributed by atoms with Crippen LogP contribution in [0.1, 0.15) is 71.6 Å². The number of carbonyl (C=O) groups is 2. The normalized spacial score (nSPS) is 24.9. The molecule has 0 heterocycles. The van der Waals surface area contributed by atoms with Crippen LogP contribution in [0.4, 0.5) is 0 Å². The fourth-order valence-corrected chi connectivity index (χ4v) is 2.88. The summed E-state index contributed by atoms with van der Waals surface area (Å²) in [6.45, 7) is 4.28. The molecule has 0 bridgehead atoms. The molecular formula is C15H26O2. The van der Waals surface area contributed by atoms with Crippen LogP contribution in [-0.4, -0.2) is 11.6 Å². The molecule has 0 aromatic carbocycles. The van der Waals surface area contributed by atoms with Gasteiger partial charge in [-0.3, -0.25) is 9.59 Å². The standard InChI is InChI=1S/C15H26O2/c1-3-5-6-9-13(16)11-14-12(4-2)8-7-10-15(14)17/h12,14H,3-11H2,1-2H3. The van der Waals surface area contributed by atoms with Crippen molar-refractivity contribution >= 4 is 11.6 Å². The SMILES string of the molecule is CCCCCC(=O)CC1C(=O)CCCC1CC. The number of carbonyl (C=O) groups excluding carboxylic acids is 2. The molecule has 0 aliphatic heterocycles. The summed E-state index contributed by atoms with van der Waals surface area (Å²) >= 11 is 0. The van der Waals surface area contributed by atoms with E-state index in [9.17, 15) is 9.59 Å². The minimum absolute atomic E-state index is 0.0443. The minimum atomic E-state index is 0.0443. The molecule has 2 unspecified atom stereocenters. The van der Waals surface area contributed by atoms with Crippen molar-refractivity contribution in [1.82, 2.24) is 0 Å². The topological polar surface area (TPSA) is 34.1 Å². The Morgan fingerprint density at radius 2 is 2.06 bits per heavy atom. The average Bonchev–Trinajstić information content (AvgIpc) is 2.32. The third-order valence-corrected chi connectivity index (χ3v) is 4.01. The Balaban J connectivity index is 2.40. The van der Waals surface area contributed by atoms with Gasteiger partial charge in [-0.25, -0.2) is 0 Å². The lowest BCUT2D eigenvalue weighted by Gasteiger charge is -2.29. The Bertz CT molecular complexity index is 258. The highest BCUT2D eigenvalue weighted by molar-refractivity contribution is 5.88. The second kappa shape index (κ2) is 7.62. The maximum absolute atomic E-state index is 11.9. The molecule has 98 valence electrons. The van der Waals surface area contributed by atoms with E-state index >= 15 is 0 Å². The van der Waals surface area contributed by atoms with Gasteiger partial charge in [0.05, 0.1) is 0 Å². The van der Waals surface area contributed by atoms with Gasteiger partial charge in [0.1, 0.15) is 11.6 Å². The molecule has 1 fully saturated rings. The fourth-order valence-electron chi connectivity index (χ4n) is 2.88. The summed E-state index contributed by atoms with van der Waals surface area (Å²) in [5.41, 5.74) is 0. The Morgan fingerprint density at radius 3 is 2.71 bits per heavy atom. The lowest BCUT2D eigenvalue weighted by Crippen LogP contribution is -2.30. The predicted molar refractivity (Wildman–Crippen MR) is 69.9 cm³/mol. The Morgan fingerprint density at radius 1 is 1.29 bits per heavy atom. The van der Waals surface area contributed by atoms with Crippen molar-refractivity contribution in [3.8, 4) is 0 Å². The average molecular weight is 238 g/mol. The summed E-state index contributed by atoms with van der Waals surface area (Å²) in [7, 11) is 0. The van der Waals surface area contributed by atoms with Crippen LogP contribution in [0.2, 0.25) is 0 Å². The van der Waals surface area contributed by atoms with E-state index in [-0.39, 0.29) is 5.92 Å². The van der Waals surface area contributed by atoms with Crippen molar-refractivity contribution in [2.24, 2.45) is 11.8 Å². The van der Waals surface area contributed by atoms with Crippen LogP contribution < -0.4 is 0 Å². The van der Waals surface area contributed by atoms with Gasteiger partial charge in [0.15, 0.2) is 0 Å². The number of hydrogen-bond acceptors (Lipinski definition) is 2. The van der Waals surface area contributed by atoms with Crippen molar-refractivity contribution < 1.29 is 9.59 Å². The van der Waals surface area contributed by atoms with Crippen LogP contribution in [0.3, 0.4) is 0 Å². The molecular weight excluding hydrogens is 212 g/mol. The molecule has 0 N–H and O–H groups in total. The van der Waals surface area contributed by atoms with Crippen molar-refractivity contribution in [1.29, 1.82) is 0 Å². The summed E-state index contributed by atoms with van der Waals surface area (Å²) in [6, 6.07) is 0. The van der Waals surface area contributed by atoms with Crippen LogP contribution >= 0.6 is 0 Å². The van der Waals surface area contributed by atoms with Crippen molar-refractivity contribution in [2.75, 3.05) is 0 Å². The van der Waals surface area contributed by atoms with Crippen LogP contribution in [0.5, 0.6) is 0 Å². The highest BCUT2D eigenvalue weighted by Gasteiger charge is 2.31. The van der Waals surface area contributed by atoms with E-state index < -0.39 is 0 Å². The van der Waals surface area contributed by atoms with E-state index in [1.807, 2.05) is 0 Å². The van der Waals surface area contributed by atoms with Gasteiger partial charge in [-0.15, -0.1) is 0 Å². The Hall–Kier alpha value is -0.660. The molecule has 0 saturated heterocycles. The van der Waals surface area contributed by atoms with E-state index in [1.165, 1.54) is 0 Å². The zero-order valence-electron chi connectivity index (χ0n) is 11.3. The van der Waals surface area contributed by atoms with Crippen molar-refractivity contribution in [3.63, 3.8) is 0 Å². The van der Waals surface area contributed by atoms with Gasteiger partial charge in [-0.05, 0) is 25.2 Å². The molecule has 2 heteroatoms. The predicted octanol–water partition coefficient (Wildman–Crippen LogP) is 3.92. The first kappa shape index (κ1) is 14.4. The Labute approximate surface area is 105 Å². The monoisotopic (exact) mass is 238 g/mol. The number of hydrogen-bond donors (Lipinski definition) is 0. The number of Topliss-reactive ketones (excluding diaryl/α,β-unsaturated/α-hetero) is 2. The highest BCUT2D eigenvalue weighted by Crippen LogP contribution is 2.32. The van der Waals surface area contributed by atoms with Crippen LogP contribution in [0, 0.1) is 11.8 Å². The number of unbranched alkanes of at least 4 members (excludes halogenated alkanes) is 2. The number of rotatable bonds is 7. The first-order valence-corrected chi connectivity index (χ1v) is 7.23. The summed E-state index contributed by atoms with van der Waals surface area (Å²) in [6.07, 6.45) is 8.35. The molecule has 1 aliphatic carbocycles. The second-order valence-corrected chi connectivity index (χ2v) is 5.33. The molecule has 0 amide bonds. The molecule has 2 nitrogen and oxygen atoms in total. The van der Waals surface area contributed by atoms with E-state index in [4.69, 9.17) is 0 Å². The molecule has 17 heavy (non-hydrogen) atoms. The van der Waals surface area contributed by atoms with Crippen LogP contribution in [0.25, 0.3) is 0 Å². The van der Waals surface area contributed by atoms with Gasteiger partial charge in [0.25, 0.3) is 0 Å². The van der Waals surface area contributed by atoms with E-state index in [0.717, 1.165) is 38.5 Å². The van der Waals surface area contributed by atoms with Gasteiger partial charge in [0, 0.05) is 25.2 Å². The zero-order chi connectivity index (χ0) is 12.7. The first-order chi connectivity index (χ1) is 8.19. The minimum Gasteiger partial charge on any atom is -0.300 e. The molecule has 2 atom stereocenters. The largest absolute Gasteiger partial charge is 0.300 e. The fraction of sp³-hybridized carbons (Fsp3) is 0.867. The quantitative estimate of drug-likeness (QED) is 0.630. The van der Waals surface area contributed by atoms with Crippen LogP contribution in [-0.2, 0) is 9.59 Å². The Kier molecular flexibility index (Phi) is 6.46. The van der Waals surface area contributed by atoms with Gasteiger partial charge >= 0.3 is 0 Å². The summed E-state index contributed by atoms with van der Waals surface area (Å²) in [5.74, 6) is 1.15. The third-order valence-electron chi connectivity index (χ3n) is 4.01. The maximum atomic E-state index is 11.9. The third kappa shape index (κ3) is 4.61. The lowest BCUT2D eigenvalue weighted by molar-refractivity contribution is -0.131. The highest BCUT2D eigenvalue weighted by atomic mass is 16.1. The molecule has 0 aromatic rings. The van der Waals surface area contributed by atoms with E-state index in [2.05, 4.69) is 13.8 Å². The molecule has 1 aliphatic rings. The lowest BCUT2D eigenvalue weighted by atomic mass is 9.74. The van der Waals surface area contributed by atoms with Gasteiger partial charge < -0.3 is 0 Å².